The smallest absolute Gasteiger partial charge is 0.422 e. The van der Waals surface area contributed by atoms with Crippen molar-refractivity contribution in [2.45, 2.75) is 131 Å². The van der Waals surface area contributed by atoms with Gasteiger partial charge in [-0.15, -0.1) is 6.42 Å². The molecule has 0 heterocycles. The summed E-state index contributed by atoms with van der Waals surface area (Å²) in [5, 5.41) is 11.2. The first kappa shape index (κ1) is 122. The van der Waals surface area contributed by atoms with Gasteiger partial charge in [-0.05, 0) is 213 Å². The monoisotopic (exact) mass is 1970 g/mol. The van der Waals surface area contributed by atoms with Crippen LogP contribution in [-0.2, 0) is 62.0 Å². The molecule has 7 aromatic rings. The Morgan fingerprint density at radius 1 is 0.422 bits per heavy atom. The van der Waals surface area contributed by atoms with E-state index in [0.29, 0.717) is 61.0 Å². The first-order valence-corrected chi connectivity index (χ1v) is 35.4. The molecule has 0 aromatic heterocycles. The average molecular weight is 1980 g/mol. The van der Waals surface area contributed by atoms with E-state index < -0.39 is 103 Å². The molecule has 0 saturated heterocycles. The minimum Gasteiger partial charge on any atom is -0.479 e. The van der Waals surface area contributed by atoms with Crippen molar-refractivity contribution in [1.29, 1.82) is 0 Å². The summed E-state index contributed by atoms with van der Waals surface area (Å²) in [6.07, 6.45) is -4.32. The van der Waals surface area contributed by atoms with Gasteiger partial charge >= 0.3 is 48.0 Å². The third kappa shape index (κ3) is 52.9. The van der Waals surface area contributed by atoms with Gasteiger partial charge in [-0.25, -0.2) is 42.3 Å². The van der Waals surface area contributed by atoms with Crippen LogP contribution in [0.3, 0.4) is 0 Å². The number of terminal acetylenes is 1. The second-order valence-electron chi connectivity index (χ2n) is 22.4. The topological polar surface area (TPSA) is 260 Å². The molecule has 0 unspecified atom stereocenters. The predicted octanol–water partition coefficient (Wildman–Crippen LogP) is 19.2. The van der Waals surface area contributed by atoms with Crippen molar-refractivity contribution in [3.05, 3.63) is 204 Å². The van der Waals surface area contributed by atoms with E-state index in [0.717, 1.165) is 22.2 Å². The number of hydrogen-bond acceptors (Lipinski definition) is 20. The zero-order valence-corrected chi connectivity index (χ0v) is 78.2. The fourth-order valence-electron chi connectivity index (χ4n) is 7.39. The standard InChI is InChI=1S/C12H15ClO3.C12H12O3.C11H11BrF2O3.C11H10ClF3O3.C11H13ClO3.C10H11BrO3.C10H11ClO3.7H2S/c1-8(2)15-12(14)9(3)16-11-6-4-10(13)5-7-11;1-4-10-5-7-11(8-6-10)15-9(2)12(13)14-3;1-5(2)9(11(15)16)17-10-7(13)3-6(12)4-8(10)14;1-7(10(16)17-6-11(13,14)15)18-9-4-2-8(12)3-5-9;1-3-10(11(13)14-2)15-9-6-4-8(12)5-7-9;2*1-7(10(12)13-2)14-9-5-3-8(11)4-6-9;;;;;;;/h4-9H,1-3H3;1,5-9H,2-3H3;3-5,9H,1-2H3,(H,15,16);2-5,7H,6H2,1H3;4-7,10H,3H2,1-2H3;2*3-7H,1-2H3;7*1H2/t3*9-;7-;10-;2*7-;;;;;;;/m0000000......./s1. The van der Waals surface area contributed by atoms with E-state index >= 15 is 0 Å². The third-order valence-corrected chi connectivity index (χ3v) is 14.8. The number of esters is 6. The predicted molar refractivity (Wildman–Crippen MR) is 479 cm³/mol. The average Bonchev–Trinajstić information content (AvgIpc) is 0.831. The summed E-state index contributed by atoms with van der Waals surface area (Å²) in [6.45, 7) is 14.9. The van der Waals surface area contributed by atoms with Gasteiger partial charge in [0.05, 0.1) is 34.5 Å². The fraction of sp³-hybridized carbons (Fsp3) is 0.338. The van der Waals surface area contributed by atoms with E-state index in [4.69, 9.17) is 95.8 Å². The maximum absolute atomic E-state index is 13.4. The van der Waals surface area contributed by atoms with Gasteiger partial charge in [0.25, 0.3) is 0 Å². The van der Waals surface area contributed by atoms with Crippen molar-refractivity contribution in [2.24, 2.45) is 5.92 Å². The highest BCUT2D eigenvalue weighted by Gasteiger charge is 2.32. The number of carbonyl (C=O) groups is 7. The number of carbonyl (C=O) groups excluding carboxylic acids is 6. The number of carboxylic acid groups (broad SMARTS) is 1. The first-order chi connectivity index (χ1) is 51.2. The summed E-state index contributed by atoms with van der Waals surface area (Å²) in [7, 11) is 5.33. The number of rotatable bonds is 25. The Morgan fingerprint density at radius 3 is 0.957 bits per heavy atom. The van der Waals surface area contributed by atoms with Crippen LogP contribution in [0.1, 0.15) is 81.2 Å². The molecule has 0 saturated carbocycles. The summed E-state index contributed by atoms with van der Waals surface area (Å²) >= 11 is 29.0. The van der Waals surface area contributed by atoms with Crippen LogP contribution in [0.4, 0.5) is 22.0 Å². The van der Waals surface area contributed by atoms with Gasteiger partial charge in [0.15, 0.2) is 66.7 Å². The maximum atomic E-state index is 13.4. The van der Waals surface area contributed by atoms with Gasteiger partial charge in [0.2, 0.25) is 0 Å². The highest BCUT2D eigenvalue weighted by atomic mass is 79.9. The van der Waals surface area contributed by atoms with Crippen molar-refractivity contribution in [2.75, 3.05) is 35.0 Å². The van der Waals surface area contributed by atoms with Crippen LogP contribution >= 0.6 is 173 Å². The lowest BCUT2D eigenvalue weighted by Crippen LogP contribution is -2.32. The second kappa shape index (κ2) is 66.1. The lowest BCUT2D eigenvalue weighted by Gasteiger charge is -2.19. The number of alkyl halides is 3. The summed E-state index contributed by atoms with van der Waals surface area (Å²) in [5.74, 6) is -1.40. The van der Waals surface area contributed by atoms with E-state index in [-0.39, 0.29) is 123 Å². The van der Waals surface area contributed by atoms with Gasteiger partial charge < -0.3 is 66.7 Å². The Hall–Kier alpha value is -6.79. The molecule has 7 aromatic carbocycles. The third-order valence-electron chi connectivity index (χ3n) is 12.8. The highest BCUT2D eigenvalue weighted by Crippen LogP contribution is 2.29. The van der Waals surface area contributed by atoms with Crippen LogP contribution in [0.2, 0.25) is 20.1 Å². The van der Waals surface area contributed by atoms with E-state index in [1.54, 1.807) is 165 Å². The van der Waals surface area contributed by atoms with Crippen molar-refractivity contribution < 1.29 is 122 Å². The minimum absolute atomic E-state index is 0. The van der Waals surface area contributed by atoms with Crippen LogP contribution in [0, 0.1) is 29.9 Å². The normalized spacial score (nSPS) is 11.4. The summed E-state index contributed by atoms with van der Waals surface area (Å²) in [6, 6.07) is 42.7. The summed E-state index contributed by atoms with van der Waals surface area (Å²) in [5.41, 5.74) is 0.771. The zero-order chi connectivity index (χ0) is 82.7. The van der Waals surface area contributed by atoms with Gasteiger partial charge in [-0.1, -0.05) is 105 Å². The number of methoxy groups -OCH3 is 4. The number of carboxylic acids is 1. The molecule has 0 bridgehead atoms. The quantitative estimate of drug-likeness (QED) is 0.0241. The van der Waals surface area contributed by atoms with Crippen LogP contribution in [0.5, 0.6) is 40.2 Å². The van der Waals surface area contributed by atoms with Crippen molar-refractivity contribution >= 4 is 215 Å². The van der Waals surface area contributed by atoms with Gasteiger partial charge in [0.1, 0.15) is 34.5 Å². The Kier molecular flexibility index (Phi) is 69.7. The Labute approximate surface area is 758 Å². The molecule has 0 aliphatic rings. The van der Waals surface area contributed by atoms with Gasteiger partial charge in [0, 0.05) is 40.5 Å². The highest BCUT2D eigenvalue weighted by molar-refractivity contribution is 9.10. The summed E-state index contributed by atoms with van der Waals surface area (Å²) in [4.78, 5) is 77.8. The molecule has 0 amide bonds. The SMILES string of the molecule is C#Cc1ccc(O[C@@H](C)C(=O)OC)cc1.CC(C)OC(=O)[C@H](C)Oc1ccc(Cl)cc1.CC(C)[C@H](Oc1c(F)cc(Br)cc1F)C(=O)O.CC[C@H](Oc1ccc(Cl)cc1)C(=O)OC.COC(=O)[C@H](C)Oc1ccc(Br)cc1.COC(=O)[C@H](C)Oc1ccc(Cl)cc1.C[C@H](Oc1ccc(Cl)cc1)C(=O)OCC(F)(F)F.S.S.S.S.S.S.S. The molecule has 39 heteroatoms. The molecule has 7 atom stereocenters. The molecule has 1 N–H and O–H groups in total. The molecule has 21 nitrogen and oxygen atoms in total. The van der Waals surface area contributed by atoms with Crippen molar-refractivity contribution in [3.63, 3.8) is 0 Å². The van der Waals surface area contributed by atoms with E-state index in [1.165, 1.54) is 59.6 Å². The Balaban J connectivity index is -0.000000237. The van der Waals surface area contributed by atoms with Gasteiger partial charge in [-0.2, -0.15) is 108 Å². The Bertz CT molecular complexity index is 3880. The molecule has 0 aliphatic heterocycles. The largest absolute Gasteiger partial charge is 0.479 e. The maximum Gasteiger partial charge on any atom is 0.422 e. The van der Waals surface area contributed by atoms with E-state index in [9.17, 15) is 55.5 Å². The molecule has 650 valence electrons. The molecular formula is C77H97Br2Cl4F5O21S7. The molecular weight excluding hydrogens is 1880 g/mol. The fourth-order valence-corrected chi connectivity index (χ4v) is 8.56. The molecule has 0 fully saturated rings. The lowest BCUT2D eigenvalue weighted by atomic mass is 10.1. The zero-order valence-electron chi connectivity index (χ0n) is 65.0. The number of benzene rings is 7. The minimum atomic E-state index is -4.55. The number of aliphatic carboxylic acids is 1. The summed E-state index contributed by atoms with van der Waals surface area (Å²) < 4.78 is 127. The molecule has 116 heavy (non-hydrogen) atoms. The van der Waals surface area contributed by atoms with Crippen molar-refractivity contribution in [3.8, 4) is 52.6 Å². The second-order valence-corrected chi connectivity index (χ2v) is 26.0. The number of ether oxygens (including phenoxy) is 13. The number of halogens is 11. The lowest BCUT2D eigenvalue weighted by molar-refractivity contribution is -0.190. The first-order valence-electron chi connectivity index (χ1n) is 32.3. The van der Waals surface area contributed by atoms with Gasteiger partial charge in [-0.3, -0.25) is 0 Å². The van der Waals surface area contributed by atoms with Crippen LogP contribution in [0.15, 0.2) is 167 Å². The molecule has 0 aliphatic carbocycles. The van der Waals surface area contributed by atoms with Crippen LogP contribution < -0.4 is 33.2 Å². The van der Waals surface area contributed by atoms with Crippen LogP contribution in [-0.4, -0.2) is 137 Å². The molecule has 0 radical (unpaired) electrons. The van der Waals surface area contributed by atoms with E-state index in [2.05, 4.69) is 61.5 Å². The number of hydrogen-bond donors (Lipinski definition) is 1. The van der Waals surface area contributed by atoms with E-state index in [1.807, 2.05) is 19.1 Å². The molecule has 0 spiro atoms. The molecule has 7 rings (SSSR count). The Morgan fingerprint density at radius 2 is 0.698 bits per heavy atom. The van der Waals surface area contributed by atoms with Crippen molar-refractivity contribution in [1.82, 2.24) is 0 Å². The van der Waals surface area contributed by atoms with Crippen LogP contribution in [0.25, 0.3) is 0 Å².